The molecule has 0 spiro atoms. The highest BCUT2D eigenvalue weighted by molar-refractivity contribution is 5.56. The Balaban J connectivity index is 1.44. The predicted molar refractivity (Wildman–Crippen MR) is 118 cm³/mol. The molecule has 0 radical (unpaired) electrons. The first-order chi connectivity index (χ1) is 14.1. The fourth-order valence-electron chi connectivity index (χ4n) is 3.80. The van der Waals surface area contributed by atoms with Gasteiger partial charge in [0.25, 0.3) is 0 Å². The fraction of sp³-hybridized carbons (Fsp3) is 0.318. The molecule has 7 heteroatoms. The van der Waals surface area contributed by atoms with Crippen molar-refractivity contribution in [3.63, 3.8) is 0 Å². The second-order valence-electron chi connectivity index (χ2n) is 7.35. The standard InChI is InChI=1S/C22H27N7/c1-16-6-3-4-8-19(16)28-10-12-29(13-11-28)21-18(7-5-9-24-21)15-25-20-14-17(2)26-22(23)27-20/h3-9,14H,10-13,15H2,1-2H3,(H3,23,25,26,27). The lowest BCUT2D eigenvalue weighted by atomic mass is 10.1. The summed E-state index contributed by atoms with van der Waals surface area (Å²) in [5, 5.41) is 3.36. The van der Waals surface area contributed by atoms with Gasteiger partial charge in [-0.1, -0.05) is 24.3 Å². The lowest BCUT2D eigenvalue weighted by Crippen LogP contribution is -2.47. The second kappa shape index (κ2) is 8.34. The Morgan fingerprint density at radius 3 is 2.48 bits per heavy atom. The van der Waals surface area contributed by atoms with Gasteiger partial charge >= 0.3 is 0 Å². The zero-order chi connectivity index (χ0) is 20.2. The third kappa shape index (κ3) is 4.39. The molecule has 0 atom stereocenters. The number of aromatic nitrogens is 3. The number of pyridine rings is 1. The van der Waals surface area contributed by atoms with Crippen LogP contribution in [0.4, 0.5) is 23.3 Å². The summed E-state index contributed by atoms with van der Waals surface area (Å²) in [6.07, 6.45) is 1.86. The Kier molecular flexibility index (Phi) is 5.46. The van der Waals surface area contributed by atoms with Crippen LogP contribution in [-0.2, 0) is 6.54 Å². The molecule has 1 aromatic carbocycles. The van der Waals surface area contributed by atoms with Gasteiger partial charge in [0.2, 0.25) is 5.95 Å². The van der Waals surface area contributed by atoms with E-state index in [-0.39, 0.29) is 5.95 Å². The molecule has 3 aromatic rings. The minimum atomic E-state index is 0.284. The fourth-order valence-corrected chi connectivity index (χ4v) is 3.80. The highest BCUT2D eigenvalue weighted by atomic mass is 15.3. The molecule has 2 aromatic heterocycles. The first-order valence-electron chi connectivity index (χ1n) is 9.94. The molecule has 3 N–H and O–H groups in total. The van der Waals surface area contributed by atoms with Crippen LogP contribution in [0.3, 0.4) is 0 Å². The molecule has 1 fully saturated rings. The number of anilines is 4. The molecule has 0 saturated carbocycles. The summed E-state index contributed by atoms with van der Waals surface area (Å²) in [6, 6.07) is 14.6. The lowest BCUT2D eigenvalue weighted by molar-refractivity contribution is 0.644. The van der Waals surface area contributed by atoms with Crippen molar-refractivity contribution in [3.05, 3.63) is 65.5 Å². The predicted octanol–water partition coefficient (Wildman–Crippen LogP) is 3.01. The monoisotopic (exact) mass is 389 g/mol. The maximum absolute atomic E-state index is 5.76. The minimum Gasteiger partial charge on any atom is -0.368 e. The summed E-state index contributed by atoms with van der Waals surface area (Å²) in [4.78, 5) is 17.9. The number of rotatable bonds is 5. The van der Waals surface area contributed by atoms with Crippen LogP contribution in [0.15, 0.2) is 48.7 Å². The molecule has 0 amide bonds. The van der Waals surface area contributed by atoms with Crippen LogP contribution < -0.4 is 20.9 Å². The average Bonchev–Trinajstić information content (AvgIpc) is 2.72. The summed E-state index contributed by atoms with van der Waals surface area (Å²) in [5.74, 6) is 2.04. The van der Waals surface area contributed by atoms with E-state index in [1.165, 1.54) is 11.3 Å². The normalized spacial score (nSPS) is 14.1. The van der Waals surface area contributed by atoms with Crippen molar-refractivity contribution in [2.24, 2.45) is 0 Å². The van der Waals surface area contributed by atoms with E-state index < -0.39 is 0 Å². The van der Waals surface area contributed by atoms with Crippen molar-refractivity contribution < 1.29 is 0 Å². The molecule has 4 rings (SSSR count). The number of nitrogens with zero attached hydrogens (tertiary/aromatic N) is 5. The minimum absolute atomic E-state index is 0.284. The molecule has 3 heterocycles. The van der Waals surface area contributed by atoms with E-state index in [1.807, 2.05) is 25.3 Å². The Bertz CT molecular complexity index is 960. The Labute approximate surface area is 171 Å². The second-order valence-corrected chi connectivity index (χ2v) is 7.35. The van der Waals surface area contributed by atoms with Gasteiger partial charge in [-0.2, -0.15) is 4.98 Å². The Morgan fingerprint density at radius 2 is 1.72 bits per heavy atom. The highest BCUT2D eigenvalue weighted by Gasteiger charge is 2.21. The van der Waals surface area contributed by atoms with E-state index >= 15 is 0 Å². The van der Waals surface area contributed by atoms with Crippen molar-refractivity contribution in [1.29, 1.82) is 0 Å². The number of hydrogen-bond donors (Lipinski definition) is 2. The molecule has 0 unspecified atom stereocenters. The van der Waals surface area contributed by atoms with E-state index in [9.17, 15) is 0 Å². The van der Waals surface area contributed by atoms with E-state index in [4.69, 9.17) is 5.73 Å². The van der Waals surface area contributed by atoms with Crippen molar-refractivity contribution in [2.75, 3.05) is 47.0 Å². The van der Waals surface area contributed by atoms with Gasteiger partial charge in [0, 0.05) is 61.9 Å². The molecule has 29 heavy (non-hydrogen) atoms. The third-order valence-electron chi connectivity index (χ3n) is 5.23. The summed E-state index contributed by atoms with van der Waals surface area (Å²) < 4.78 is 0. The van der Waals surface area contributed by atoms with E-state index in [0.717, 1.165) is 49.1 Å². The van der Waals surface area contributed by atoms with Gasteiger partial charge < -0.3 is 20.9 Å². The molecule has 1 aliphatic heterocycles. The number of benzene rings is 1. The Morgan fingerprint density at radius 1 is 0.966 bits per heavy atom. The zero-order valence-corrected chi connectivity index (χ0v) is 17.0. The van der Waals surface area contributed by atoms with Gasteiger partial charge in [0.05, 0.1) is 0 Å². The SMILES string of the molecule is Cc1cc(NCc2cccnc2N2CCN(c3ccccc3C)CC2)nc(N)n1. The number of hydrogen-bond acceptors (Lipinski definition) is 7. The average molecular weight is 390 g/mol. The smallest absolute Gasteiger partial charge is 0.222 e. The van der Waals surface area contributed by atoms with Gasteiger partial charge in [0.15, 0.2) is 0 Å². The number of piperazine rings is 1. The third-order valence-corrected chi connectivity index (χ3v) is 5.23. The highest BCUT2D eigenvalue weighted by Crippen LogP contribution is 2.24. The topological polar surface area (TPSA) is 83.2 Å². The first kappa shape index (κ1) is 19.0. The van der Waals surface area contributed by atoms with Crippen LogP contribution in [0.1, 0.15) is 16.8 Å². The largest absolute Gasteiger partial charge is 0.368 e. The molecular formula is C22H27N7. The summed E-state index contributed by atoms with van der Waals surface area (Å²) >= 11 is 0. The molecular weight excluding hydrogens is 362 g/mol. The van der Waals surface area contributed by atoms with Gasteiger partial charge in [-0.3, -0.25) is 0 Å². The van der Waals surface area contributed by atoms with Gasteiger partial charge in [-0.25, -0.2) is 9.97 Å². The van der Waals surface area contributed by atoms with Crippen molar-refractivity contribution in [2.45, 2.75) is 20.4 Å². The van der Waals surface area contributed by atoms with E-state index in [0.29, 0.717) is 6.54 Å². The van der Waals surface area contributed by atoms with Gasteiger partial charge in [-0.05, 0) is 31.5 Å². The molecule has 0 bridgehead atoms. The first-order valence-corrected chi connectivity index (χ1v) is 9.94. The number of nitrogens with two attached hydrogens (primary N) is 1. The molecule has 0 aliphatic carbocycles. The lowest BCUT2D eigenvalue weighted by Gasteiger charge is -2.38. The van der Waals surface area contributed by atoms with Crippen LogP contribution >= 0.6 is 0 Å². The van der Waals surface area contributed by atoms with Crippen molar-refractivity contribution >= 4 is 23.3 Å². The number of nitrogen functional groups attached to an aromatic ring is 1. The molecule has 1 aliphatic rings. The summed E-state index contributed by atoms with van der Waals surface area (Å²) in [5.41, 5.74) is 10.4. The van der Waals surface area contributed by atoms with E-state index in [2.05, 4.69) is 67.3 Å². The summed E-state index contributed by atoms with van der Waals surface area (Å²) in [6.45, 7) is 8.57. The molecule has 7 nitrogen and oxygen atoms in total. The van der Waals surface area contributed by atoms with Crippen molar-refractivity contribution in [3.8, 4) is 0 Å². The maximum Gasteiger partial charge on any atom is 0.222 e. The van der Waals surface area contributed by atoms with Crippen molar-refractivity contribution in [1.82, 2.24) is 15.0 Å². The van der Waals surface area contributed by atoms with Crippen LogP contribution in [0.2, 0.25) is 0 Å². The zero-order valence-electron chi connectivity index (χ0n) is 17.0. The maximum atomic E-state index is 5.76. The van der Waals surface area contributed by atoms with Crippen LogP contribution in [0.5, 0.6) is 0 Å². The van der Waals surface area contributed by atoms with E-state index in [1.54, 1.807) is 0 Å². The number of para-hydroxylation sites is 1. The van der Waals surface area contributed by atoms with Gasteiger partial charge in [-0.15, -0.1) is 0 Å². The summed E-state index contributed by atoms with van der Waals surface area (Å²) in [7, 11) is 0. The number of aryl methyl sites for hydroxylation is 2. The Hall–Kier alpha value is -3.35. The molecule has 150 valence electrons. The van der Waals surface area contributed by atoms with Crippen LogP contribution in [-0.4, -0.2) is 41.1 Å². The van der Waals surface area contributed by atoms with Gasteiger partial charge in [0.1, 0.15) is 11.6 Å². The number of nitrogens with one attached hydrogen (secondary N) is 1. The molecule has 1 saturated heterocycles. The van der Waals surface area contributed by atoms with Crippen LogP contribution in [0, 0.1) is 13.8 Å². The quantitative estimate of drug-likeness (QED) is 0.694. The van der Waals surface area contributed by atoms with Crippen LogP contribution in [0.25, 0.3) is 0 Å².